The summed E-state index contributed by atoms with van der Waals surface area (Å²) >= 11 is 1.82. The summed E-state index contributed by atoms with van der Waals surface area (Å²) in [7, 11) is 0. The van der Waals surface area contributed by atoms with Gasteiger partial charge in [0.1, 0.15) is 6.54 Å². The second-order valence-electron chi connectivity index (χ2n) is 2.15. The Morgan fingerprint density at radius 3 is 2.30 bits per heavy atom. The van der Waals surface area contributed by atoms with E-state index in [2.05, 4.69) is 30.8 Å². The van der Waals surface area contributed by atoms with Gasteiger partial charge in [-0.1, -0.05) is 11.3 Å². The number of hydrogen-bond donors (Lipinski definition) is 0. The number of rotatable bonds is 1. The molecule has 0 saturated heterocycles. The lowest BCUT2D eigenvalue weighted by molar-refractivity contribution is -0.694. The Morgan fingerprint density at radius 2 is 2.10 bits per heavy atom. The molecule has 0 unspecified atom stereocenters. The first-order valence-corrected chi connectivity index (χ1v) is 4.07. The van der Waals surface area contributed by atoms with Crippen LogP contribution in [0.4, 0.5) is 0 Å². The molecule has 0 aromatic carbocycles. The largest absolute Gasteiger partial charge is 1.00 e. The van der Waals surface area contributed by atoms with E-state index in [-0.39, 0.29) is 17.0 Å². The monoisotopic (exact) mass is 221 g/mol. The number of nitrogens with zero attached hydrogens (tertiary/aromatic N) is 1. The molecular weight excluding hydrogens is 210 g/mol. The van der Waals surface area contributed by atoms with Gasteiger partial charge < -0.3 is 17.0 Å². The van der Waals surface area contributed by atoms with Crippen LogP contribution in [0, 0.1) is 13.8 Å². The van der Waals surface area contributed by atoms with Gasteiger partial charge in [0.05, 0.1) is 4.88 Å². The molecule has 0 radical (unpaired) electrons. The molecule has 1 nitrogen and oxygen atoms in total. The third kappa shape index (κ3) is 1.80. The van der Waals surface area contributed by atoms with Gasteiger partial charge in [-0.05, 0) is 13.8 Å². The highest BCUT2D eigenvalue weighted by atomic mass is 79.9. The van der Waals surface area contributed by atoms with Crippen molar-refractivity contribution in [3.63, 3.8) is 0 Å². The Hall–Kier alpha value is 0.110. The summed E-state index contributed by atoms with van der Waals surface area (Å²) in [5.74, 6) is 0. The molecule has 0 fully saturated rings. The van der Waals surface area contributed by atoms with Gasteiger partial charge in [-0.2, -0.15) is 4.57 Å². The standard InChI is InChI=1S/C7H12NS.BrH/c1-4-8-5-9-7(3)6(8)2;/h5H,4H2,1-3H3;1H/q+1;/p-1. The van der Waals surface area contributed by atoms with E-state index < -0.39 is 0 Å². The van der Waals surface area contributed by atoms with E-state index in [1.165, 1.54) is 10.6 Å². The van der Waals surface area contributed by atoms with E-state index in [0.29, 0.717) is 0 Å². The molecule has 0 aliphatic rings. The predicted molar refractivity (Wildman–Crippen MR) is 39.7 cm³/mol. The smallest absolute Gasteiger partial charge is 0.225 e. The first kappa shape index (κ1) is 10.1. The third-order valence-electron chi connectivity index (χ3n) is 1.64. The van der Waals surface area contributed by atoms with Crippen molar-refractivity contribution in [1.29, 1.82) is 0 Å². The van der Waals surface area contributed by atoms with Gasteiger partial charge in [0.15, 0.2) is 5.69 Å². The fourth-order valence-corrected chi connectivity index (χ4v) is 1.70. The summed E-state index contributed by atoms with van der Waals surface area (Å²) in [6.45, 7) is 7.58. The van der Waals surface area contributed by atoms with Gasteiger partial charge in [0.25, 0.3) is 0 Å². The van der Waals surface area contributed by atoms with Crippen LogP contribution in [-0.4, -0.2) is 0 Å². The molecule has 0 N–H and O–H groups in total. The maximum absolute atomic E-state index is 2.26. The van der Waals surface area contributed by atoms with Gasteiger partial charge in [-0.15, -0.1) is 0 Å². The van der Waals surface area contributed by atoms with E-state index in [9.17, 15) is 0 Å². The van der Waals surface area contributed by atoms with Crippen molar-refractivity contribution in [3.8, 4) is 0 Å². The van der Waals surface area contributed by atoms with Gasteiger partial charge in [0, 0.05) is 6.92 Å². The molecule has 0 aliphatic heterocycles. The maximum atomic E-state index is 2.26. The predicted octanol–water partition coefficient (Wildman–Crippen LogP) is -1.32. The Morgan fingerprint density at radius 1 is 1.50 bits per heavy atom. The Bertz CT molecular complexity index is 207. The van der Waals surface area contributed by atoms with E-state index >= 15 is 0 Å². The van der Waals surface area contributed by atoms with Crippen molar-refractivity contribution in [2.45, 2.75) is 27.3 Å². The summed E-state index contributed by atoms with van der Waals surface area (Å²) < 4.78 is 2.26. The van der Waals surface area contributed by atoms with Crippen LogP contribution in [0.25, 0.3) is 0 Å². The highest BCUT2D eigenvalue weighted by Gasteiger charge is 2.07. The van der Waals surface area contributed by atoms with Crippen LogP contribution >= 0.6 is 11.3 Å². The minimum Gasteiger partial charge on any atom is -1.00 e. The van der Waals surface area contributed by atoms with Crippen molar-refractivity contribution in [1.82, 2.24) is 0 Å². The van der Waals surface area contributed by atoms with E-state index in [1.54, 1.807) is 0 Å². The molecule has 58 valence electrons. The van der Waals surface area contributed by atoms with Crippen molar-refractivity contribution in [2.75, 3.05) is 0 Å². The minimum atomic E-state index is 0. The number of aryl methyl sites for hydroxylation is 2. The molecule has 0 saturated carbocycles. The highest BCUT2D eigenvalue weighted by molar-refractivity contribution is 7.09. The molecule has 0 atom stereocenters. The lowest BCUT2D eigenvalue weighted by Crippen LogP contribution is -3.00. The maximum Gasteiger partial charge on any atom is 0.225 e. The molecule has 0 amide bonds. The molecule has 1 rings (SSSR count). The second kappa shape index (κ2) is 4.09. The first-order chi connectivity index (χ1) is 4.25. The molecule has 0 aliphatic carbocycles. The summed E-state index contributed by atoms with van der Waals surface area (Å²) in [6, 6.07) is 0. The van der Waals surface area contributed by atoms with Crippen LogP contribution < -0.4 is 21.5 Å². The molecule has 1 aromatic heterocycles. The van der Waals surface area contributed by atoms with Crippen molar-refractivity contribution >= 4 is 11.3 Å². The van der Waals surface area contributed by atoms with Gasteiger partial charge >= 0.3 is 0 Å². The summed E-state index contributed by atoms with van der Waals surface area (Å²) in [4.78, 5) is 1.43. The SMILES string of the molecule is CC[n+]1csc(C)c1C.[Br-]. The van der Waals surface area contributed by atoms with Crippen LogP contribution in [0.2, 0.25) is 0 Å². The summed E-state index contributed by atoms with van der Waals surface area (Å²) in [5, 5.41) is 0. The van der Waals surface area contributed by atoms with Gasteiger partial charge in [0.2, 0.25) is 5.51 Å². The third-order valence-corrected chi connectivity index (χ3v) is 2.65. The van der Waals surface area contributed by atoms with E-state index in [0.717, 1.165) is 6.54 Å². The first-order valence-electron chi connectivity index (χ1n) is 3.19. The van der Waals surface area contributed by atoms with E-state index in [1.807, 2.05) is 11.3 Å². The van der Waals surface area contributed by atoms with Crippen LogP contribution in [-0.2, 0) is 6.54 Å². The van der Waals surface area contributed by atoms with Gasteiger partial charge in [-0.25, -0.2) is 0 Å². The van der Waals surface area contributed by atoms with Crippen molar-refractivity contribution < 1.29 is 21.5 Å². The Balaban J connectivity index is 0.000000810. The molecule has 0 bridgehead atoms. The van der Waals surface area contributed by atoms with Crippen LogP contribution in [0.15, 0.2) is 5.51 Å². The van der Waals surface area contributed by atoms with Crippen LogP contribution in [0.1, 0.15) is 17.5 Å². The fourth-order valence-electron chi connectivity index (χ4n) is 0.821. The molecule has 3 heteroatoms. The average Bonchev–Trinajstić information content (AvgIpc) is 2.15. The number of halogens is 1. The minimum absolute atomic E-state index is 0. The summed E-state index contributed by atoms with van der Waals surface area (Å²) in [5.41, 5.74) is 3.58. The Labute approximate surface area is 76.5 Å². The lowest BCUT2D eigenvalue weighted by Gasteiger charge is -1.85. The lowest BCUT2D eigenvalue weighted by atomic mass is 10.4. The number of aromatic nitrogens is 1. The average molecular weight is 222 g/mol. The zero-order chi connectivity index (χ0) is 6.85. The van der Waals surface area contributed by atoms with Crippen molar-refractivity contribution in [3.05, 3.63) is 16.1 Å². The second-order valence-corrected chi connectivity index (χ2v) is 3.21. The van der Waals surface area contributed by atoms with Crippen LogP contribution in [0.3, 0.4) is 0 Å². The van der Waals surface area contributed by atoms with Crippen LogP contribution in [0.5, 0.6) is 0 Å². The Kier molecular flexibility index (Phi) is 4.13. The molecule has 0 spiro atoms. The molecular formula is C7H12BrNS. The van der Waals surface area contributed by atoms with Gasteiger partial charge in [-0.3, -0.25) is 0 Å². The fraction of sp³-hybridized carbons (Fsp3) is 0.571. The quantitative estimate of drug-likeness (QED) is 0.519. The number of hydrogen-bond acceptors (Lipinski definition) is 1. The van der Waals surface area contributed by atoms with Crippen molar-refractivity contribution in [2.24, 2.45) is 0 Å². The summed E-state index contributed by atoms with van der Waals surface area (Å²) in [6.07, 6.45) is 0. The zero-order valence-electron chi connectivity index (χ0n) is 6.52. The zero-order valence-corrected chi connectivity index (χ0v) is 8.92. The number of thiazole rings is 1. The molecule has 1 heterocycles. The normalized spacial score (nSPS) is 9.10. The molecule has 10 heavy (non-hydrogen) atoms. The molecule has 1 aromatic rings. The van der Waals surface area contributed by atoms with E-state index in [4.69, 9.17) is 0 Å². The topological polar surface area (TPSA) is 3.88 Å². The highest BCUT2D eigenvalue weighted by Crippen LogP contribution is 2.06.